The molecule has 0 atom stereocenters. The molecule has 0 aliphatic heterocycles. The lowest BCUT2D eigenvalue weighted by Gasteiger charge is -2.17. The van der Waals surface area contributed by atoms with Crippen molar-refractivity contribution in [2.24, 2.45) is 16.9 Å². The van der Waals surface area contributed by atoms with E-state index < -0.39 is 23.4 Å². The Morgan fingerprint density at radius 1 is 1.39 bits per heavy atom. The van der Waals surface area contributed by atoms with E-state index in [0.717, 1.165) is 11.3 Å². The number of thiophene rings is 1. The van der Waals surface area contributed by atoms with Crippen LogP contribution < -0.4 is 22.1 Å². The van der Waals surface area contributed by atoms with Crippen molar-refractivity contribution in [3.05, 3.63) is 11.6 Å². The minimum atomic E-state index is -4.56. The average Bonchev–Trinajstić information content (AvgIpc) is 3.16. The maximum atomic E-state index is 12.8. The second-order valence-electron chi connectivity index (χ2n) is 4.64. The number of nitrogens with one attached hydrogen (secondary N) is 2. The predicted octanol–water partition coefficient (Wildman–Crippen LogP) is 1.27. The molecular weight excluding hydrogens is 337 g/mol. The lowest BCUT2D eigenvalue weighted by Crippen LogP contribution is -2.36. The zero-order chi connectivity index (χ0) is 17.8. The van der Waals surface area contributed by atoms with Gasteiger partial charge in [-0.2, -0.15) is 13.2 Å². The lowest BCUT2D eigenvalue weighted by molar-refractivity contribution is -0.189. The van der Waals surface area contributed by atoms with E-state index in [9.17, 15) is 22.8 Å². The summed E-state index contributed by atoms with van der Waals surface area (Å²) in [7, 11) is 1.54. The van der Waals surface area contributed by atoms with Gasteiger partial charge in [-0.1, -0.05) is 0 Å². The molecule has 0 unspecified atom stereocenters. The number of anilines is 2. The van der Waals surface area contributed by atoms with Crippen LogP contribution in [0.25, 0.3) is 0 Å². The van der Waals surface area contributed by atoms with Crippen LogP contribution in [0, 0.1) is 5.41 Å². The van der Waals surface area contributed by atoms with Crippen LogP contribution in [-0.4, -0.2) is 31.4 Å². The number of nitrogens with two attached hydrogens (primary N) is 2. The van der Waals surface area contributed by atoms with E-state index in [0.29, 0.717) is 5.00 Å². The third kappa shape index (κ3) is 3.92. The summed E-state index contributed by atoms with van der Waals surface area (Å²) in [6, 6.07) is 1.27. The van der Waals surface area contributed by atoms with Gasteiger partial charge in [0.05, 0.1) is 10.6 Å². The molecule has 128 valence electrons. The maximum absolute atomic E-state index is 12.8. The first-order valence-corrected chi connectivity index (χ1v) is 7.09. The molecule has 1 saturated carbocycles. The van der Waals surface area contributed by atoms with E-state index in [2.05, 4.69) is 16.4 Å². The molecule has 1 aromatic rings. The van der Waals surface area contributed by atoms with Gasteiger partial charge in [-0.05, 0) is 18.9 Å². The Morgan fingerprint density at radius 3 is 2.22 bits per heavy atom. The smallest absolute Gasteiger partial charge is 0.379 e. The Labute approximate surface area is 133 Å². The molecule has 23 heavy (non-hydrogen) atoms. The molecule has 0 aromatic carbocycles. The highest BCUT2D eigenvalue weighted by molar-refractivity contribution is 7.20. The Kier molecular flexibility index (Phi) is 5.59. The topological polar surface area (TPSA) is 127 Å². The average molecular weight is 352 g/mol. The van der Waals surface area contributed by atoms with E-state index >= 15 is 0 Å². The SMILES string of the molecule is CNc1sc(NC(=O)C2(C(F)(F)F)CC2)cc1C(N)=O.NC=O. The van der Waals surface area contributed by atoms with E-state index in [-0.39, 0.29) is 29.8 Å². The summed E-state index contributed by atoms with van der Waals surface area (Å²) < 4.78 is 38.4. The summed E-state index contributed by atoms with van der Waals surface area (Å²) in [4.78, 5) is 31.5. The van der Waals surface area contributed by atoms with Crippen molar-refractivity contribution in [3.8, 4) is 0 Å². The largest absolute Gasteiger partial charge is 0.403 e. The molecule has 0 spiro atoms. The second kappa shape index (κ2) is 6.86. The maximum Gasteiger partial charge on any atom is 0.403 e. The van der Waals surface area contributed by atoms with Gasteiger partial charge in [-0.3, -0.25) is 14.4 Å². The fourth-order valence-corrected chi connectivity index (χ4v) is 2.73. The van der Waals surface area contributed by atoms with Gasteiger partial charge in [-0.25, -0.2) is 0 Å². The molecule has 1 heterocycles. The zero-order valence-electron chi connectivity index (χ0n) is 12.0. The summed E-state index contributed by atoms with van der Waals surface area (Å²) in [6.07, 6.45) is -4.74. The minimum Gasteiger partial charge on any atom is -0.379 e. The van der Waals surface area contributed by atoms with Crippen LogP contribution in [0.1, 0.15) is 23.2 Å². The molecule has 6 N–H and O–H groups in total. The quantitative estimate of drug-likeness (QED) is 0.609. The number of carbonyl (C=O) groups excluding carboxylic acids is 3. The van der Waals surface area contributed by atoms with Gasteiger partial charge in [0, 0.05) is 7.05 Å². The number of carbonyl (C=O) groups is 3. The monoisotopic (exact) mass is 352 g/mol. The normalized spacial score (nSPS) is 15.0. The molecule has 2 rings (SSSR count). The zero-order valence-corrected chi connectivity index (χ0v) is 12.8. The van der Waals surface area contributed by atoms with Crippen LogP contribution in [-0.2, 0) is 9.59 Å². The third-order valence-electron chi connectivity index (χ3n) is 3.19. The van der Waals surface area contributed by atoms with Gasteiger partial charge < -0.3 is 22.1 Å². The van der Waals surface area contributed by atoms with Crippen LogP contribution in [0.4, 0.5) is 23.2 Å². The van der Waals surface area contributed by atoms with Crippen LogP contribution in [0.2, 0.25) is 0 Å². The van der Waals surface area contributed by atoms with E-state index in [4.69, 9.17) is 10.5 Å². The molecule has 3 amide bonds. The van der Waals surface area contributed by atoms with Crippen LogP contribution in [0.15, 0.2) is 6.07 Å². The number of alkyl halides is 3. The standard InChI is InChI=1S/C11H12F3N3O2S.CH3NO/c1-16-8-5(7(15)18)4-6(20-8)17-9(19)10(2-3-10)11(12,13)14;2-1-3/h4,16H,2-3H2,1H3,(H2,15,18)(H,17,19);1H,(H2,2,3). The van der Waals surface area contributed by atoms with Crippen LogP contribution in [0.3, 0.4) is 0 Å². The fraction of sp³-hybridized carbons (Fsp3) is 0.417. The van der Waals surface area contributed by atoms with Gasteiger partial charge in [0.1, 0.15) is 10.4 Å². The first-order valence-electron chi connectivity index (χ1n) is 6.28. The number of amides is 3. The van der Waals surface area contributed by atoms with Crippen molar-refractivity contribution in [2.75, 3.05) is 17.7 Å². The van der Waals surface area contributed by atoms with Crippen LogP contribution >= 0.6 is 11.3 Å². The van der Waals surface area contributed by atoms with Crippen molar-refractivity contribution in [3.63, 3.8) is 0 Å². The molecule has 0 saturated heterocycles. The fourth-order valence-electron chi connectivity index (χ4n) is 1.82. The number of primary amides is 2. The van der Waals surface area contributed by atoms with Gasteiger partial charge in [0.2, 0.25) is 12.3 Å². The number of hydrogen-bond donors (Lipinski definition) is 4. The third-order valence-corrected chi connectivity index (χ3v) is 4.26. The molecule has 0 radical (unpaired) electrons. The number of hydrogen-bond acceptors (Lipinski definition) is 5. The van der Waals surface area contributed by atoms with E-state index in [1.165, 1.54) is 6.07 Å². The molecule has 11 heteroatoms. The summed E-state index contributed by atoms with van der Waals surface area (Å²) in [5, 5.41) is 5.46. The number of rotatable bonds is 4. The van der Waals surface area contributed by atoms with E-state index in [1.807, 2.05) is 0 Å². The van der Waals surface area contributed by atoms with Crippen molar-refractivity contribution >= 4 is 39.6 Å². The summed E-state index contributed by atoms with van der Waals surface area (Å²) in [5.41, 5.74) is 7.14. The Hall–Kier alpha value is -2.30. The first kappa shape index (κ1) is 18.7. The molecular formula is C12H15F3N4O3S. The summed E-state index contributed by atoms with van der Waals surface area (Å²) >= 11 is 0.959. The Bertz CT molecular complexity index is 611. The summed E-state index contributed by atoms with van der Waals surface area (Å²) in [5.74, 6) is -1.81. The first-order chi connectivity index (χ1) is 10.6. The molecule has 1 fully saturated rings. The van der Waals surface area contributed by atoms with Crippen molar-refractivity contribution in [1.29, 1.82) is 0 Å². The lowest BCUT2D eigenvalue weighted by atomic mass is 10.1. The van der Waals surface area contributed by atoms with Gasteiger partial charge in [0.15, 0.2) is 0 Å². The minimum absolute atomic E-state index is 0.129. The molecule has 1 aliphatic rings. The second-order valence-corrected chi connectivity index (χ2v) is 5.69. The van der Waals surface area contributed by atoms with Crippen molar-refractivity contribution in [2.45, 2.75) is 19.0 Å². The highest BCUT2D eigenvalue weighted by atomic mass is 32.1. The van der Waals surface area contributed by atoms with E-state index in [1.54, 1.807) is 7.05 Å². The molecule has 7 nitrogen and oxygen atoms in total. The molecule has 1 aliphatic carbocycles. The summed E-state index contributed by atoms with van der Waals surface area (Å²) in [6.45, 7) is 0. The van der Waals surface area contributed by atoms with Gasteiger partial charge in [-0.15, -0.1) is 11.3 Å². The predicted molar refractivity (Wildman–Crippen MR) is 79.0 cm³/mol. The highest BCUT2D eigenvalue weighted by Gasteiger charge is 2.68. The molecule has 1 aromatic heterocycles. The van der Waals surface area contributed by atoms with Crippen molar-refractivity contribution in [1.82, 2.24) is 0 Å². The van der Waals surface area contributed by atoms with Crippen LogP contribution in [0.5, 0.6) is 0 Å². The Morgan fingerprint density at radius 2 is 1.91 bits per heavy atom. The highest BCUT2D eigenvalue weighted by Crippen LogP contribution is 2.58. The van der Waals surface area contributed by atoms with Gasteiger partial charge >= 0.3 is 6.18 Å². The van der Waals surface area contributed by atoms with Gasteiger partial charge in [0.25, 0.3) is 5.91 Å². The Balaban J connectivity index is 0.000000816. The number of halogens is 3. The van der Waals surface area contributed by atoms with Crippen molar-refractivity contribution < 1.29 is 27.6 Å². The molecule has 0 bridgehead atoms.